The van der Waals surface area contributed by atoms with E-state index in [1.54, 1.807) is 7.05 Å². The molecule has 0 aromatic carbocycles. The van der Waals surface area contributed by atoms with Crippen molar-refractivity contribution in [3.8, 4) is 0 Å². The molecule has 1 rings (SSSR count). The van der Waals surface area contributed by atoms with Crippen molar-refractivity contribution in [3.05, 3.63) is 0 Å². The lowest BCUT2D eigenvalue weighted by Crippen LogP contribution is -2.53. The Morgan fingerprint density at radius 1 is 1.47 bits per heavy atom. The fourth-order valence-corrected chi connectivity index (χ4v) is 1.90. The van der Waals surface area contributed by atoms with Crippen molar-refractivity contribution in [2.45, 2.75) is 51.5 Å². The lowest BCUT2D eigenvalue weighted by Gasteiger charge is -2.40. The zero-order valence-corrected chi connectivity index (χ0v) is 10.8. The third-order valence-electron chi connectivity index (χ3n) is 3.17. The van der Waals surface area contributed by atoms with Crippen molar-refractivity contribution < 1.29 is 13.6 Å². The minimum atomic E-state index is -2.57. The maximum absolute atomic E-state index is 12.6. The first-order chi connectivity index (χ1) is 7.82. The van der Waals surface area contributed by atoms with Gasteiger partial charge in [-0.3, -0.25) is 0 Å². The topological polar surface area (TPSA) is 32.3 Å². The van der Waals surface area contributed by atoms with E-state index >= 15 is 0 Å². The second kappa shape index (κ2) is 5.65. The molecule has 1 N–H and O–H groups in total. The van der Waals surface area contributed by atoms with Gasteiger partial charge < -0.3 is 10.2 Å². The molecular weight excluding hydrogens is 226 g/mol. The summed E-state index contributed by atoms with van der Waals surface area (Å²) in [7, 11) is 1.58. The molecule has 0 spiro atoms. The van der Waals surface area contributed by atoms with Gasteiger partial charge in [0.15, 0.2) is 0 Å². The maximum atomic E-state index is 12.6. The lowest BCUT2D eigenvalue weighted by molar-refractivity contribution is -0.111. The highest BCUT2D eigenvalue weighted by Crippen LogP contribution is 2.39. The third kappa shape index (κ3) is 4.48. The number of nitrogens with one attached hydrogen (secondary N) is 1. The number of amides is 2. The smallest absolute Gasteiger partial charge is 0.317 e. The van der Waals surface area contributed by atoms with Crippen molar-refractivity contribution in [1.29, 1.82) is 0 Å². The molecule has 0 atom stereocenters. The number of urea groups is 1. The van der Waals surface area contributed by atoms with Crippen LogP contribution in [0.15, 0.2) is 0 Å². The van der Waals surface area contributed by atoms with Crippen LogP contribution in [0.25, 0.3) is 0 Å². The molecule has 0 aromatic heterocycles. The minimum Gasteiger partial charge on any atom is -0.338 e. The first-order valence-electron chi connectivity index (χ1n) is 6.20. The largest absolute Gasteiger partial charge is 0.338 e. The van der Waals surface area contributed by atoms with Crippen LogP contribution in [0.5, 0.6) is 0 Å². The molecule has 0 heterocycles. The van der Waals surface area contributed by atoms with Crippen molar-refractivity contribution in [1.82, 2.24) is 10.2 Å². The summed E-state index contributed by atoms with van der Waals surface area (Å²) in [5.41, 5.74) is 0. The van der Waals surface area contributed by atoms with Gasteiger partial charge in [-0.25, -0.2) is 13.6 Å². The van der Waals surface area contributed by atoms with Gasteiger partial charge in [-0.2, -0.15) is 0 Å². The van der Waals surface area contributed by atoms with Gasteiger partial charge in [0, 0.05) is 32.5 Å². The summed E-state index contributed by atoms with van der Waals surface area (Å²) in [6.45, 7) is 4.87. The summed E-state index contributed by atoms with van der Waals surface area (Å²) < 4.78 is 25.3. The molecule has 2 amide bonds. The van der Waals surface area contributed by atoms with E-state index < -0.39 is 5.92 Å². The molecule has 1 aliphatic rings. The number of rotatable bonds is 5. The van der Waals surface area contributed by atoms with Crippen molar-refractivity contribution in [3.63, 3.8) is 0 Å². The monoisotopic (exact) mass is 248 g/mol. The molecule has 100 valence electrons. The highest BCUT2D eigenvalue weighted by atomic mass is 19.3. The first-order valence-corrected chi connectivity index (χ1v) is 6.20. The Hall–Kier alpha value is -0.870. The molecule has 0 bridgehead atoms. The van der Waals surface area contributed by atoms with Crippen molar-refractivity contribution >= 4 is 6.03 Å². The third-order valence-corrected chi connectivity index (χ3v) is 3.17. The Kier molecular flexibility index (Phi) is 4.71. The summed E-state index contributed by atoms with van der Waals surface area (Å²) in [5, 5.41) is 2.76. The van der Waals surface area contributed by atoms with Crippen LogP contribution in [-0.2, 0) is 0 Å². The van der Waals surface area contributed by atoms with Crippen LogP contribution < -0.4 is 5.32 Å². The highest BCUT2D eigenvalue weighted by molar-refractivity contribution is 5.74. The van der Waals surface area contributed by atoms with Crippen LogP contribution in [0.2, 0.25) is 0 Å². The van der Waals surface area contributed by atoms with Crippen LogP contribution in [0, 0.1) is 5.92 Å². The molecule has 1 fully saturated rings. The standard InChI is InChI=1S/C12H22F2N2O/c1-9(2)5-4-6-15-11(17)16(3)10-7-12(13,14)8-10/h9-10H,4-8H2,1-3H3,(H,15,17). The van der Waals surface area contributed by atoms with Gasteiger partial charge in [0.25, 0.3) is 5.92 Å². The van der Waals surface area contributed by atoms with E-state index in [1.807, 2.05) is 0 Å². The van der Waals surface area contributed by atoms with Gasteiger partial charge in [-0.1, -0.05) is 13.8 Å². The predicted octanol–water partition coefficient (Wildman–Crippen LogP) is 2.86. The number of alkyl halides is 2. The van der Waals surface area contributed by atoms with E-state index in [9.17, 15) is 13.6 Å². The van der Waals surface area contributed by atoms with Crippen LogP contribution >= 0.6 is 0 Å². The van der Waals surface area contributed by atoms with E-state index in [4.69, 9.17) is 0 Å². The zero-order chi connectivity index (χ0) is 13.1. The van der Waals surface area contributed by atoms with Gasteiger partial charge in [-0.15, -0.1) is 0 Å². The number of hydrogen-bond acceptors (Lipinski definition) is 1. The molecule has 1 saturated carbocycles. The normalized spacial score (nSPS) is 18.9. The Morgan fingerprint density at radius 2 is 2.06 bits per heavy atom. The molecule has 0 unspecified atom stereocenters. The number of halogens is 2. The molecule has 17 heavy (non-hydrogen) atoms. The Labute approximate surface area is 102 Å². The van der Waals surface area contributed by atoms with E-state index in [-0.39, 0.29) is 24.9 Å². The van der Waals surface area contributed by atoms with E-state index in [2.05, 4.69) is 19.2 Å². The second-order valence-corrected chi connectivity index (χ2v) is 5.30. The summed E-state index contributed by atoms with van der Waals surface area (Å²) in [6, 6.07) is -0.552. The van der Waals surface area contributed by atoms with E-state index in [0.29, 0.717) is 12.5 Å². The van der Waals surface area contributed by atoms with Gasteiger partial charge in [0.2, 0.25) is 0 Å². The average molecular weight is 248 g/mol. The molecule has 0 aromatic rings. The molecule has 1 aliphatic carbocycles. The van der Waals surface area contributed by atoms with E-state index in [1.165, 1.54) is 4.90 Å². The molecule has 0 saturated heterocycles. The number of carbonyl (C=O) groups is 1. The first kappa shape index (κ1) is 14.2. The van der Waals surface area contributed by atoms with E-state index in [0.717, 1.165) is 12.8 Å². The highest BCUT2D eigenvalue weighted by Gasteiger charge is 2.48. The fourth-order valence-electron chi connectivity index (χ4n) is 1.90. The lowest BCUT2D eigenvalue weighted by atomic mass is 9.87. The molecule has 3 nitrogen and oxygen atoms in total. The molecular formula is C12H22F2N2O. The van der Waals surface area contributed by atoms with Crippen molar-refractivity contribution in [2.24, 2.45) is 5.92 Å². The van der Waals surface area contributed by atoms with Crippen molar-refractivity contribution in [2.75, 3.05) is 13.6 Å². The van der Waals surface area contributed by atoms with Crippen LogP contribution in [0.1, 0.15) is 39.5 Å². The second-order valence-electron chi connectivity index (χ2n) is 5.30. The SMILES string of the molecule is CC(C)CCCNC(=O)N(C)C1CC(F)(F)C1. The summed E-state index contributed by atoms with van der Waals surface area (Å²) in [4.78, 5) is 13.0. The van der Waals surface area contributed by atoms with Gasteiger partial charge in [0.05, 0.1) is 0 Å². The zero-order valence-electron chi connectivity index (χ0n) is 10.8. The molecule has 0 aliphatic heterocycles. The number of hydrogen-bond donors (Lipinski definition) is 1. The van der Waals surface area contributed by atoms with Crippen LogP contribution in [0.3, 0.4) is 0 Å². The van der Waals surface area contributed by atoms with Gasteiger partial charge in [0.1, 0.15) is 0 Å². The molecule has 0 radical (unpaired) electrons. The Bertz CT molecular complexity index is 261. The quantitative estimate of drug-likeness (QED) is 0.745. The average Bonchev–Trinajstić information content (AvgIpc) is 2.19. The maximum Gasteiger partial charge on any atom is 0.317 e. The fraction of sp³-hybridized carbons (Fsp3) is 0.917. The number of nitrogens with zero attached hydrogens (tertiary/aromatic N) is 1. The Morgan fingerprint density at radius 3 is 2.53 bits per heavy atom. The summed E-state index contributed by atoms with van der Waals surface area (Å²) >= 11 is 0. The number of carbonyl (C=O) groups excluding carboxylic acids is 1. The van der Waals surface area contributed by atoms with Gasteiger partial charge >= 0.3 is 6.03 Å². The molecule has 5 heteroatoms. The van der Waals surface area contributed by atoms with Gasteiger partial charge in [-0.05, 0) is 18.8 Å². The minimum absolute atomic E-state index is 0.205. The van der Waals surface area contributed by atoms with Crippen LogP contribution in [-0.4, -0.2) is 36.5 Å². The predicted molar refractivity (Wildman–Crippen MR) is 63.2 cm³/mol. The van der Waals surface area contributed by atoms with Crippen LogP contribution in [0.4, 0.5) is 13.6 Å². The summed E-state index contributed by atoms with van der Waals surface area (Å²) in [6.07, 6.45) is 1.58. The Balaban J connectivity index is 2.15. The summed E-state index contributed by atoms with van der Waals surface area (Å²) in [5.74, 6) is -1.95.